The molecular weight excluding hydrogens is 330 g/mol. The second kappa shape index (κ2) is 19.1. The largest absolute Gasteiger partial charge is 0.394 e. The van der Waals surface area contributed by atoms with Crippen LogP contribution in [-0.2, 0) is 4.79 Å². The molecule has 0 saturated carbocycles. The smallest absolute Gasteiger partial charge is 0.220 e. The Kier molecular flexibility index (Phi) is 18.6. The van der Waals surface area contributed by atoms with E-state index in [1.165, 1.54) is 44.9 Å². The van der Waals surface area contributed by atoms with Crippen molar-refractivity contribution in [3.05, 3.63) is 0 Å². The van der Waals surface area contributed by atoms with Crippen molar-refractivity contribution in [3.63, 3.8) is 0 Å². The van der Waals surface area contributed by atoms with Gasteiger partial charge in [-0.1, -0.05) is 77.6 Å². The zero-order valence-electron chi connectivity index (χ0n) is 16.9. The molecule has 0 radical (unpaired) electrons. The van der Waals surface area contributed by atoms with Gasteiger partial charge in [0.1, 0.15) is 0 Å². The van der Waals surface area contributed by atoms with Gasteiger partial charge in [-0.3, -0.25) is 4.79 Å². The van der Waals surface area contributed by atoms with Crippen LogP contribution in [0.5, 0.6) is 0 Å². The third-order valence-electron chi connectivity index (χ3n) is 4.89. The molecule has 0 aromatic carbocycles. The number of rotatable bonds is 19. The van der Waals surface area contributed by atoms with Crippen molar-refractivity contribution in [3.8, 4) is 0 Å². The zero-order valence-corrected chi connectivity index (χ0v) is 16.9. The summed E-state index contributed by atoms with van der Waals surface area (Å²) >= 11 is 0. The molecule has 26 heavy (non-hydrogen) atoms. The maximum Gasteiger partial charge on any atom is 0.220 e. The lowest BCUT2D eigenvalue weighted by molar-refractivity contribution is -0.122. The van der Waals surface area contributed by atoms with E-state index in [0.717, 1.165) is 44.9 Å². The van der Waals surface area contributed by atoms with Crippen molar-refractivity contribution < 1.29 is 20.1 Å². The molecule has 0 spiro atoms. The van der Waals surface area contributed by atoms with Crippen LogP contribution < -0.4 is 5.32 Å². The van der Waals surface area contributed by atoms with Crippen LogP contribution in [0.2, 0.25) is 0 Å². The fourth-order valence-electron chi connectivity index (χ4n) is 3.13. The minimum Gasteiger partial charge on any atom is -0.394 e. The first-order valence-electron chi connectivity index (χ1n) is 10.8. The quantitative estimate of drug-likeness (QED) is 0.260. The molecule has 0 aromatic heterocycles. The SMILES string of the molecule is CCCCCCC(O)CCCCCCCCCCC(=O)NC(CO)CO. The monoisotopic (exact) mass is 373 g/mol. The predicted molar refractivity (Wildman–Crippen MR) is 107 cm³/mol. The van der Waals surface area contributed by atoms with Crippen LogP contribution in [0.25, 0.3) is 0 Å². The standard InChI is InChI=1S/C21H43NO4/c1-2-3-4-11-14-20(25)15-12-9-7-5-6-8-10-13-16-21(26)22-19(17-23)18-24/h19-20,23-25H,2-18H2,1H3,(H,22,26). The van der Waals surface area contributed by atoms with Crippen molar-refractivity contribution in [2.24, 2.45) is 0 Å². The predicted octanol–water partition coefficient (Wildman–Crippen LogP) is 3.69. The maximum absolute atomic E-state index is 11.6. The first-order chi connectivity index (χ1) is 12.6. The summed E-state index contributed by atoms with van der Waals surface area (Å²) in [6, 6.07) is -0.530. The van der Waals surface area contributed by atoms with E-state index in [4.69, 9.17) is 10.2 Å². The summed E-state index contributed by atoms with van der Waals surface area (Å²) in [5.41, 5.74) is 0. The Hall–Kier alpha value is -0.650. The summed E-state index contributed by atoms with van der Waals surface area (Å²) < 4.78 is 0. The van der Waals surface area contributed by atoms with Crippen LogP contribution in [0.1, 0.15) is 103 Å². The lowest BCUT2D eigenvalue weighted by Crippen LogP contribution is -2.39. The third kappa shape index (κ3) is 16.8. The van der Waals surface area contributed by atoms with Gasteiger partial charge in [0.25, 0.3) is 0 Å². The molecule has 156 valence electrons. The molecule has 0 aliphatic carbocycles. The minimum atomic E-state index is -0.530. The first kappa shape index (κ1) is 25.4. The molecule has 0 heterocycles. The van der Waals surface area contributed by atoms with Gasteiger partial charge < -0.3 is 20.6 Å². The van der Waals surface area contributed by atoms with E-state index in [1.807, 2.05) is 0 Å². The van der Waals surface area contributed by atoms with E-state index in [0.29, 0.717) is 6.42 Å². The molecular formula is C21H43NO4. The van der Waals surface area contributed by atoms with Crippen molar-refractivity contribution in [2.75, 3.05) is 13.2 Å². The van der Waals surface area contributed by atoms with Crippen molar-refractivity contribution in [2.45, 2.75) is 115 Å². The lowest BCUT2D eigenvalue weighted by Gasteiger charge is -2.13. The first-order valence-corrected chi connectivity index (χ1v) is 10.8. The Balaban J connectivity index is 3.30. The number of carbonyl (C=O) groups is 1. The van der Waals surface area contributed by atoms with Crippen LogP contribution in [0.15, 0.2) is 0 Å². The highest BCUT2D eigenvalue weighted by molar-refractivity contribution is 5.76. The van der Waals surface area contributed by atoms with Gasteiger partial charge >= 0.3 is 0 Å². The molecule has 0 rings (SSSR count). The Morgan fingerprint density at radius 3 is 1.73 bits per heavy atom. The number of unbranched alkanes of at least 4 members (excludes halogenated alkanes) is 10. The fraction of sp³-hybridized carbons (Fsp3) is 0.952. The van der Waals surface area contributed by atoms with Crippen LogP contribution in [0.4, 0.5) is 0 Å². The molecule has 1 amide bonds. The van der Waals surface area contributed by atoms with Gasteiger partial charge in [-0.25, -0.2) is 0 Å². The highest BCUT2D eigenvalue weighted by atomic mass is 16.3. The topological polar surface area (TPSA) is 89.8 Å². The van der Waals surface area contributed by atoms with E-state index in [2.05, 4.69) is 12.2 Å². The summed E-state index contributed by atoms with van der Waals surface area (Å²) in [7, 11) is 0. The van der Waals surface area contributed by atoms with E-state index in [9.17, 15) is 9.90 Å². The highest BCUT2D eigenvalue weighted by Crippen LogP contribution is 2.14. The maximum atomic E-state index is 11.6. The summed E-state index contributed by atoms with van der Waals surface area (Å²) in [4.78, 5) is 11.6. The molecule has 0 saturated heterocycles. The van der Waals surface area contributed by atoms with Crippen molar-refractivity contribution in [1.82, 2.24) is 5.32 Å². The number of carbonyl (C=O) groups excluding carboxylic acids is 1. The normalized spacial score (nSPS) is 12.5. The molecule has 1 atom stereocenters. The Bertz CT molecular complexity index is 308. The van der Waals surface area contributed by atoms with Crippen LogP contribution >= 0.6 is 0 Å². The van der Waals surface area contributed by atoms with Gasteiger partial charge in [0.05, 0.1) is 25.4 Å². The van der Waals surface area contributed by atoms with Gasteiger partial charge in [0, 0.05) is 6.42 Å². The Labute approximate surface area is 160 Å². The lowest BCUT2D eigenvalue weighted by atomic mass is 10.0. The van der Waals surface area contributed by atoms with E-state index in [-0.39, 0.29) is 25.2 Å². The number of nitrogens with one attached hydrogen (secondary N) is 1. The Morgan fingerprint density at radius 1 is 0.769 bits per heavy atom. The van der Waals surface area contributed by atoms with Crippen LogP contribution in [-0.4, -0.2) is 46.6 Å². The molecule has 1 unspecified atom stereocenters. The van der Waals surface area contributed by atoms with Gasteiger partial charge in [-0.05, 0) is 19.3 Å². The van der Waals surface area contributed by atoms with Crippen molar-refractivity contribution >= 4 is 5.91 Å². The molecule has 0 bridgehead atoms. The number of amides is 1. The summed E-state index contributed by atoms with van der Waals surface area (Å²) in [6.45, 7) is 1.76. The number of aliphatic hydroxyl groups excluding tert-OH is 3. The van der Waals surface area contributed by atoms with E-state index < -0.39 is 6.04 Å². The summed E-state index contributed by atoms with van der Waals surface area (Å²) in [5.74, 6) is -0.0913. The Morgan fingerprint density at radius 2 is 1.23 bits per heavy atom. The average molecular weight is 374 g/mol. The van der Waals surface area contributed by atoms with E-state index in [1.54, 1.807) is 0 Å². The average Bonchev–Trinajstić information content (AvgIpc) is 2.64. The van der Waals surface area contributed by atoms with Crippen LogP contribution in [0, 0.1) is 0 Å². The van der Waals surface area contributed by atoms with Gasteiger partial charge in [-0.15, -0.1) is 0 Å². The van der Waals surface area contributed by atoms with E-state index >= 15 is 0 Å². The second-order valence-electron chi connectivity index (χ2n) is 7.50. The molecule has 5 nitrogen and oxygen atoms in total. The number of aliphatic hydroxyl groups is 3. The highest BCUT2D eigenvalue weighted by Gasteiger charge is 2.09. The van der Waals surface area contributed by atoms with Crippen molar-refractivity contribution in [1.29, 1.82) is 0 Å². The molecule has 0 aliphatic rings. The minimum absolute atomic E-state index is 0.0913. The number of hydrogen-bond acceptors (Lipinski definition) is 4. The molecule has 5 heteroatoms. The molecule has 0 fully saturated rings. The van der Waals surface area contributed by atoms with Gasteiger partial charge in [0.15, 0.2) is 0 Å². The molecule has 0 aliphatic heterocycles. The molecule has 4 N–H and O–H groups in total. The fourth-order valence-corrected chi connectivity index (χ4v) is 3.13. The summed E-state index contributed by atoms with van der Waals surface area (Å²) in [6.07, 6.45) is 16.3. The van der Waals surface area contributed by atoms with Crippen LogP contribution in [0.3, 0.4) is 0 Å². The third-order valence-corrected chi connectivity index (χ3v) is 4.89. The zero-order chi connectivity index (χ0) is 19.5. The van der Waals surface area contributed by atoms with Gasteiger partial charge in [0.2, 0.25) is 5.91 Å². The second-order valence-corrected chi connectivity index (χ2v) is 7.50. The summed E-state index contributed by atoms with van der Waals surface area (Å²) in [5, 5.41) is 30.3. The number of hydrogen-bond donors (Lipinski definition) is 4. The van der Waals surface area contributed by atoms with Gasteiger partial charge in [-0.2, -0.15) is 0 Å². The molecule has 0 aromatic rings.